The molecule has 2 aromatic carbocycles. The van der Waals surface area contributed by atoms with Gasteiger partial charge in [0.1, 0.15) is 0 Å². The van der Waals surface area contributed by atoms with Crippen molar-refractivity contribution >= 4 is 27.5 Å². The molecule has 0 spiro atoms. The Morgan fingerprint density at radius 1 is 0.963 bits per heavy atom. The van der Waals surface area contributed by atoms with E-state index in [-0.39, 0.29) is 16.1 Å². The molecule has 0 aliphatic rings. The Morgan fingerprint density at radius 3 is 2.00 bits per heavy atom. The Balaban J connectivity index is 1.90. The summed E-state index contributed by atoms with van der Waals surface area (Å²) in [6.07, 6.45) is -4.51. The highest BCUT2D eigenvalue weighted by atomic mass is 32.2. The van der Waals surface area contributed by atoms with Crippen LogP contribution >= 0.6 is 0 Å². The van der Waals surface area contributed by atoms with Gasteiger partial charge in [-0.1, -0.05) is 0 Å². The number of hydrogen-bond acceptors (Lipinski definition) is 4. The summed E-state index contributed by atoms with van der Waals surface area (Å²) in [5, 5.41) is 9.64. The number of carbonyl (C=O) groups excluding carboxylic acids is 2. The number of carbonyl (C=O) groups is 2. The molecule has 0 heterocycles. The van der Waals surface area contributed by atoms with E-state index < -0.39 is 40.1 Å². The molecule has 2 rings (SSSR count). The predicted molar refractivity (Wildman–Crippen MR) is 90.2 cm³/mol. The van der Waals surface area contributed by atoms with Crippen molar-refractivity contribution in [2.24, 2.45) is 5.14 Å². The maximum atomic E-state index is 12.5. The molecule has 0 unspecified atom stereocenters. The highest BCUT2D eigenvalue weighted by Crippen LogP contribution is 2.29. The van der Waals surface area contributed by atoms with Crippen LogP contribution in [0.1, 0.15) is 15.9 Å². The van der Waals surface area contributed by atoms with Gasteiger partial charge in [0.15, 0.2) is 0 Å². The van der Waals surface area contributed by atoms with Crippen LogP contribution in [-0.4, -0.2) is 26.8 Å². The summed E-state index contributed by atoms with van der Waals surface area (Å²) in [7, 11) is -3.85. The molecule has 4 N–H and O–H groups in total. The summed E-state index contributed by atoms with van der Waals surface area (Å²) < 4.78 is 59.7. The summed E-state index contributed by atoms with van der Waals surface area (Å²) in [6.45, 7) is -0.434. The molecule has 0 aromatic heterocycles. The number of primary sulfonamides is 1. The SMILES string of the molecule is NS(=O)(=O)c1ccc(NC(=O)CNC(=O)c2ccc(C(F)(F)F)cc2)cc1. The third-order valence-electron chi connectivity index (χ3n) is 3.35. The molecule has 2 aromatic rings. The van der Waals surface area contributed by atoms with Gasteiger partial charge in [-0.05, 0) is 48.5 Å². The van der Waals surface area contributed by atoms with Crippen molar-refractivity contribution in [2.45, 2.75) is 11.1 Å². The van der Waals surface area contributed by atoms with Gasteiger partial charge in [0.25, 0.3) is 5.91 Å². The van der Waals surface area contributed by atoms with E-state index >= 15 is 0 Å². The molecule has 27 heavy (non-hydrogen) atoms. The van der Waals surface area contributed by atoms with E-state index in [0.29, 0.717) is 0 Å². The average molecular weight is 401 g/mol. The number of sulfonamides is 1. The molecule has 11 heteroatoms. The van der Waals surface area contributed by atoms with E-state index in [1.54, 1.807) is 0 Å². The van der Waals surface area contributed by atoms with Crippen molar-refractivity contribution in [1.29, 1.82) is 0 Å². The lowest BCUT2D eigenvalue weighted by atomic mass is 10.1. The van der Waals surface area contributed by atoms with Gasteiger partial charge in [-0.15, -0.1) is 0 Å². The number of nitrogens with one attached hydrogen (secondary N) is 2. The van der Waals surface area contributed by atoms with Crippen LogP contribution < -0.4 is 15.8 Å². The molecule has 0 atom stereocenters. The van der Waals surface area contributed by atoms with Crippen LogP contribution in [-0.2, 0) is 21.0 Å². The molecule has 0 radical (unpaired) electrons. The smallest absolute Gasteiger partial charge is 0.343 e. The zero-order valence-corrected chi connectivity index (χ0v) is 14.4. The van der Waals surface area contributed by atoms with Gasteiger partial charge < -0.3 is 10.6 Å². The fourth-order valence-corrected chi connectivity index (χ4v) is 2.52. The van der Waals surface area contributed by atoms with Gasteiger partial charge in [0.05, 0.1) is 17.0 Å². The van der Waals surface area contributed by atoms with Crippen molar-refractivity contribution in [2.75, 3.05) is 11.9 Å². The molecule has 7 nitrogen and oxygen atoms in total. The maximum absolute atomic E-state index is 12.5. The fraction of sp³-hybridized carbons (Fsp3) is 0.125. The lowest BCUT2D eigenvalue weighted by Crippen LogP contribution is -2.32. The largest absolute Gasteiger partial charge is 0.416 e. The van der Waals surface area contributed by atoms with Crippen molar-refractivity contribution in [3.63, 3.8) is 0 Å². The number of anilines is 1. The Hall–Kier alpha value is -2.92. The molecule has 2 amide bonds. The first-order chi connectivity index (χ1) is 12.5. The zero-order chi connectivity index (χ0) is 20.2. The van der Waals surface area contributed by atoms with E-state index in [2.05, 4.69) is 10.6 Å². The molecule has 0 saturated carbocycles. The Morgan fingerprint density at radius 2 is 1.52 bits per heavy atom. The molecular formula is C16H14F3N3O4S. The molecular weight excluding hydrogens is 387 g/mol. The summed E-state index contributed by atoms with van der Waals surface area (Å²) in [6, 6.07) is 8.57. The summed E-state index contributed by atoms with van der Waals surface area (Å²) in [4.78, 5) is 23.5. The molecule has 0 aliphatic heterocycles. The minimum absolute atomic E-state index is 0.0340. The first-order valence-corrected chi connectivity index (χ1v) is 8.89. The zero-order valence-electron chi connectivity index (χ0n) is 13.6. The first kappa shape index (κ1) is 20.4. The molecule has 0 saturated heterocycles. The quantitative estimate of drug-likeness (QED) is 0.707. The monoisotopic (exact) mass is 401 g/mol. The van der Waals surface area contributed by atoms with E-state index in [0.717, 1.165) is 24.3 Å². The number of nitrogens with two attached hydrogens (primary N) is 1. The second-order valence-corrected chi connectivity index (χ2v) is 6.94. The van der Waals surface area contributed by atoms with E-state index in [9.17, 15) is 31.2 Å². The van der Waals surface area contributed by atoms with Crippen LogP contribution in [0.2, 0.25) is 0 Å². The molecule has 144 valence electrons. The van der Waals surface area contributed by atoms with Crippen LogP contribution in [0, 0.1) is 0 Å². The lowest BCUT2D eigenvalue weighted by Gasteiger charge is -2.09. The number of halogens is 3. The van der Waals surface area contributed by atoms with Crippen molar-refractivity contribution < 1.29 is 31.2 Å². The number of alkyl halides is 3. The Kier molecular flexibility index (Phi) is 5.86. The van der Waals surface area contributed by atoms with Crippen molar-refractivity contribution in [3.8, 4) is 0 Å². The van der Waals surface area contributed by atoms with Gasteiger partial charge in [0, 0.05) is 11.3 Å². The maximum Gasteiger partial charge on any atom is 0.416 e. The minimum atomic E-state index is -4.51. The van der Waals surface area contributed by atoms with Crippen molar-refractivity contribution in [3.05, 3.63) is 59.7 Å². The third-order valence-corrected chi connectivity index (χ3v) is 4.28. The molecule has 0 aliphatic carbocycles. The summed E-state index contributed by atoms with van der Waals surface area (Å²) in [5.41, 5.74) is -0.649. The van der Waals surface area contributed by atoms with E-state index in [1.807, 2.05) is 0 Å². The van der Waals surface area contributed by atoms with E-state index in [4.69, 9.17) is 5.14 Å². The van der Waals surface area contributed by atoms with Crippen molar-refractivity contribution in [1.82, 2.24) is 5.32 Å². The van der Waals surface area contributed by atoms with E-state index in [1.165, 1.54) is 24.3 Å². The summed E-state index contributed by atoms with van der Waals surface area (Å²) in [5.74, 6) is -1.33. The topological polar surface area (TPSA) is 118 Å². The number of hydrogen-bond donors (Lipinski definition) is 3. The van der Waals surface area contributed by atoms with Crippen LogP contribution in [0.15, 0.2) is 53.4 Å². The van der Waals surface area contributed by atoms with Gasteiger partial charge in [0.2, 0.25) is 15.9 Å². The molecule has 0 fully saturated rings. The Labute approximate surface area is 152 Å². The first-order valence-electron chi connectivity index (χ1n) is 7.35. The highest BCUT2D eigenvalue weighted by molar-refractivity contribution is 7.89. The second kappa shape index (κ2) is 7.76. The van der Waals surface area contributed by atoms with Crippen LogP contribution in [0.4, 0.5) is 18.9 Å². The number of amides is 2. The minimum Gasteiger partial charge on any atom is -0.343 e. The van der Waals surface area contributed by atoms with Crippen LogP contribution in [0.5, 0.6) is 0 Å². The Bertz CT molecular complexity index is 940. The van der Waals surface area contributed by atoms with Crippen LogP contribution in [0.25, 0.3) is 0 Å². The summed E-state index contributed by atoms with van der Waals surface area (Å²) >= 11 is 0. The van der Waals surface area contributed by atoms with Gasteiger partial charge in [-0.3, -0.25) is 9.59 Å². The van der Waals surface area contributed by atoms with Gasteiger partial charge in [-0.2, -0.15) is 13.2 Å². The normalized spacial score (nSPS) is 11.7. The average Bonchev–Trinajstić information content (AvgIpc) is 2.58. The fourth-order valence-electron chi connectivity index (χ4n) is 2.01. The molecule has 0 bridgehead atoms. The second-order valence-electron chi connectivity index (χ2n) is 5.38. The van der Waals surface area contributed by atoms with Gasteiger partial charge >= 0.3 is 6.18 Å². The van der Waals surface area contributed by atoms with Crippen LogP contribution in [0.3, 0.4) is 0 Å². The number of rotatable bonds is 5. The highest BCUT2D eigenvalue weighted by Gasteiger charge is 2.30. The third kappa shape index (κ3) is 5.79. The number of benzene rings is 2. The predicted octanol–water partition coefficient (Wildman–Crippen LogP) is 1.72. The standard InChI is InChI=1S/C16H14F3N3O4S/c17-16(18,19)11-3-1-10(2-4-11)15(24)21-9-14(23)22-12-5-7-13(8-6-12)27(20,25)26/h1-8H,9H2,(H,21,24)(H,22,23)(H2,20,25,26). The van der Waals surface area contributed by atoms with Gasteiger partial charge in [-0.25, -0.2) is 13.6 Å². The lowest BCUT2D eigenvalue weighted by molar-refractivity contribution is -0.137.